The third kappa shape index (κ3) is 9.26. The molecule has 10 nitrogen and oxygen atoms in total. The monoisotopic (exact) mass is 626 g/mol. The van der Waals surface area contributed by atoms with Crippen LogP contribution in [0.5, 0.6) is 11.5 Å². The lowest BCUT2D eigenvalue weighted by Gasteiger charge is -2.47. The van der Waals surface area contributed by atoms with Crippen molar-refractivity contribution in [1.82, 2.24) is 10.6 Å². The Bertz CT molecular complexity index is 1340. The van der Waals surface area contributed by atoms with Crippen LogP contribution in [0.3, 0.4) is 0 Å². The molecule has 240 valence electrons. The van der Waals surface area contributed by atoms with Crippen LogP contribution >= 0.6 is 10.8 Å². The van der Waals surface area contributed by atoms with Gasteiger partial charge in [0.1, 0.15) is 11.5 Å². The standard InChI is InChI=1S/C33H46N4O6S/c1-4-35-27-19-26(20-28(21-27)37-14-8-9-15-44(37,40)41)33(39)36-31(18-24-10-6-5-7-11-24)32(38)23-34-13-12-25-16-29(42-2)22-30(17-25)43-3/h5-7,10-11,16-17,19-22,31-32,34-35,38,40-41H,4,8-9,12-15,18,23H2,1-3H3,(H,36,39)/t31-,32-/m0/s1. The van der Waals surface area contributed by atoms with Gasteiger partial charge in [0.15, 0.2) is 0 Å². The molecule has 11 heteroatoms. The molecule has 1 aliphatic rings. The number of amides is 1. The van der Waals surface area contributed by atoms with Crippen LogP contribution in [0, 0.1) is 0 Å². The van der Waals surface area contributed by atoms with Crippen molar-refractivity contribution in [1.29, 1.82) is 0 Å². The van der Waals surface area contributed by atoms with Crippen LogP contribution in [0.1, 0.15) is 41.3 Å². The molecule has 1 amide bonds. The second-order valence-corrected chi connectivity index (χ2v) is 13.1. The molecular formula is C33H46N4O6S. The smallest absolute Gasteiger partial charge is 0.251 e. The highest BCUT2D eigenvalue weighted by Crippen LogP contribution is 2.50. The Morgan fingerprint density at radius 1 is 0.977 bits per heavy atom. The number of aliphatic hydroxyl groups excluding tert-OH is 1. The van der Waals surface area contributed by atoms with Crippen LogP contribution in [-0.2, 0) is 12.8 Å². The van der Waals surface area contributed by atoms with Gasteiger partial charge in [-0.2, -0.15) is 0 Å². The molecule has 2 atom stereocenters. The minimum Gasteiger partial charge on any atom is -0.497 e. The van der Waals surface area contributed by atoms with E-state index in [1.165, 1.54) is 0 Å². The molecule has 0 radical (unpaired) electrons. The largest absolute Gasteiger partial charge is 0.497 e. The molecule has 44 heavy (non-hydrogen) atoms. The van der Waals surface area contributed by atoms with Gasteiger partial charge in [-0.05, 0) is 80.6 Å². The quantitative estimate of drug-likeness (QED) is 0.130. The van der Waals surface area contributed by atoms with Crippen molar-refractivity contribution in [2.24, 2.45) is 0 Å². The number of hydrogen-bond acceptors (Lipinski definition) is 9. The van der Waals surface area contributed by atoms with Crippen molar-refractivity contribution in [3.8, 4) is 11.5 Å². The molecule has 1 aliphatic heterocycles. The van der Waals surface area contributed by atoms with E-state index < -0.39 is 22.9 Å². The first-order valence-electron chi connectivity index (χ1n) is 15.1. The normalized spacial score (nSPS) is 16.5. The molecule has 0 aromatic heterocycles. The summed E-state index contributed by atoms with van der Waals surface area (Å²) in [4.78, 5) is 13.7. The average molecular weight is 627 g/mol. The number of hydrogen-bond donors (Lipinski definition) is 6. The molecular weight excluding hydrogens is 580 g/mol. The Hall–Kier alpha value is -3.48. The fourth-order valence-corrected chi connectivity index (χ4v) is 7.01. The van der Waals surface area contributed by atoms with E-state index in [2.05, 4.69) is 16.0 Å². The third-order valence-corrected chi connectivity index (χ3v) is 9.60. The van der Waals surface area contributed by atoms with E-state index in [9.17, 15) is 19.0 Å². The number of ether oxygens (including phenoxy) is 2. The summed E-state index contributed by atoms with van der Waals surface area (Å²) in [5.74, 6) is 1.40. The van der Waals surface area contributed by atoms with E-state index in [1.54, 1.807) is 30.7 Å². The number of nitrogens with one attached hydrogen (secondary N) is 3. The van der Waals surface area contributed by atoms with Gasteiger partial charge < -0.3 is 30.5 Å². The zero-order valence-electron chi connectivity index (χ0n) is 25.8. The number of rotatable bonds is 15. The van der Waals surface area contributed by atoms with E-state index in [-0.39, 0.29) is 12.5 Å². The lowest BCUT2D eigenvalue weighted by atomic mass is 10.00. The number of carbonyl (C=O) groups is 1. The van der Waals surface area contributed by atoms with Crippen LogP contribution in [0.2, 0.25) is 0 Å². The van der Waals surface area contributed by atoms with Gasteiger partial charge in [-0.15, -0.1) is 10.8 Å². The molecule has 1 fully saturated rings. The van der Waals surface area contributed by atoms with Crippen LogP contribution in [0.4, 0.5) is 11.4 Å². The zero-order valence-corrected chi connectivity index (χ0v) is 26.6. The molecule has 0 spiro atoms. The maximum atomic E-state index is 13.7. The van der Waals surface area contributed by atoms with E-state index in [1.807, 2.05) is 61.5 Å². The van der Waals surface area contributed by atoms with Crippen molar-refractivity contribution in [3.05, 3.63) is 83.4 Å². The van der Waals surface area contributed by atoms with Gasteiger partial charge in [0, 0.05) is 37.0 Å². The van der Waals surface area contributed by atoms with Crippen molar-refractivity contribution < 1.29 is 28.5 Å². The van der Waals surface area contributed by atoms with E-state index in [0.717, 1.165) is 35.5 Å². The van der Waals surface area contributed by atoms with Gasteiger partial charge in [0.25, 0.3) is 5.91 Å². The predicted octanol–water partition coefficient (Wildman–Crippen LogP) is 4.94. The SMILES string of the molecule is CCNc1cc(C(=O)N[C@@H](Cc2ccccc2)[C@@H](O)CNCCc2cc(OC)cc(OC)c2)cc(N2CCCCS2(O)O)c1. The molecule has 3 aromatic carbocycles. The van der Waals surface area contributed by atoms with E-state index in [0.29, 0.717) is 55.2 Å². The third-order valence-electron chi connectivity index (χ3n) is 7.67. The van der Waals surface area contributed by atoms with Gasteiger partial charge in [-0.3, -0.25) is 18.2 Å². The Morgan fingerprint density at radius 3 is 2.36 bits per heavy atom. The first kappa shape index (κ1) is 33.4. The maximum absolute atomic E-state index is 13.7. The summed E-state index contributed by atoms with van der Waals surface area (Å²) in [6.07, 6.45) is 1.86. The Morgan fingerprint density at radius 2 is 1.70 bits per heavy atom. The van der Waals surface area contributed by atoms with Crippen molar-refractivity contribution >= 4 is 28.1 Å². The van der Waals surface area contributed by atoms with Gasteiger partial charge in [0.05, 0.1) is 37.8 Å². The van der Waals surface area contributed by atoms with E-state index >= 15 is 0 Å². The lowest BCUT2D eigenvalue weighted by Crippen LogP contribution is -2.49. The maximum Gasteiger partial charge on any atom is 0.251 e. The van der Waals surface area contributed by atoms with Crippen molar-refractivity contribution in [2.75, 3.05) is 55.8 Å². The first-order chi connectivity index (χ1) is 21.2. The van der Waals surface area contributed by atoms with Crippen LogP contribution < -0.4 is 29.7 Å². The molecule has 0 bridgehead atoms. The van der Waals surface area contributed by atoms with Crippen molar-refractivity contribution in [2.45, 2.75) is 44.8 Å². The summed E-state index contributed by atoms with van der Waals surface area (Å²) >= 11 is 0. The number of benzene rings is 3. The number of anilines is 2. The minimum absolute atomic E-state index is 0.274. The summed E-state index contributed by atoms with van der Waals surface area (Å²) in [5, 5.41) is 20.9. The molecule has 3 aromatic rings. The summed E-state index contributed by atoms with van der Waals surface area (Å²) in [5.41, 5.74) is 3.71. The topological polar surface area (TPSA) is 136 Å². The molecule has 1 heterocycles. The number of methoxy groups -OCH3 is 2. The summed E-state index contributed by atoms with van der Waals surface area (Å²) in [6.45, 7) is 3.99. The molecule has 4 rings (SSSR count). The highest BCUT2D eigenvalue weighted by Gasteiger charge is 2.28. The Balaban J connectivity index is 1.48. The second-order valence-electron chi connectivity index (χ2n) is 11.0. The molecule has 1 saturated heterocycles. The molecule has 0 aliphatic carbocycles. The van der Waals surface area contributed by atoms with Crippen LogP contribution in [0.25, 0.3) is 0 Å². The van der Waals surface area contributed by atoms with Crippen LogP contribution in [-0.4, -0.2) is 78.4 Å². The summed E-state index contributed by atoms with van der Waals surface area (Å²) in [7, 11) is 0.279. The van der Waals surface area contributed by atoms with Gasteiger partial charge in [0.2, 0.25) is 0 Å². The summed E-state index contributed by atoms with van der Waals surface area (Å²) < 4.78 is 33.8. The van der Waals surface area contributed by atoms with Crippen molar-refractivity contribution in [3.63, 3.8) is 0 Å². The highest BCUT2D eigenvalue weighted by atomic mass is 32.3. The average Bonchev–Trinajstić information content (AvgIpc) is 3.02. The predicted molar refractivity (Wildman–Crippen MR) is 178 cm³/mol. The fraction of sp³-hybridized carbons (Fsp3) is 0.424. The van der Waals surface area contributed by atoms with Gasteiger partial charge in [-0.25, -0.2) is 0 Å². The minimum atomic E-state index is -2.96. The van der Waals surface area contributed by atoms with E-state index in [4.69, 9.17) is 9.47 Å². The first-order valence-corrected chi connectivity index (χ1v) is 16.8. The summed E-state index contributed by atoms with van der Waals surface area (Å²) in [6, 6.07) is 20.2. The second kappa shape index (κ2) is 16.0. The number of aliphatic hydroxyl groups is 1. The molecule has 0 unspecified atom stereocenters. The Kier molecular flexibility index (Phi) is 12.2. The van der Waals surface area contributed by atoms with Crippen LogP contribution in [0.15, 0.2) is 66.7 Å². The number of nitrogens with zero attached hydrogens (tertiary/aromatic N) is 1. The zero-order chi connectivity index (χ0) is 31.5. The lowest BCUT2D eigenvalue weighted by molar-refractivity contribution is 0.0831. The van der Waals surface area contributed by atoms with Gasteiger partial charge in [-0.1, -0.05) is 30.3 Å². The highest BCUT2D eigenvalue weighted by molar-refractivity contribution is 8.25. The van der Waals surface area contributed by atoms with Gasteiger partial charge >= 0.3 is 0 Å². The molecule has 0 saturated carbocycles. The molecule has 6 N–H and O–H groups in total. The Labute approximate surface area is 262 Å². The fourth-order valence-electron chi connectivity index (χ4n) is 5.34. The number of carbonyl (C=O) groups excluding carboxylic acids is 1.